The summed E-state index contributed by atoms with van der Waals surface area (Å²) in [5, 5.41) is 3.11. The number of morpholine rings is 1. The molecule has 2 aliphatic rings. The lowest BCUT2D eigenvalue weighted by molar-refractivity contribution is -0.125. The van der Waals surface area contributed by atoms with Crippen LogP contribution in [0.3, 0.4) is 0 Å². The Kier molecular flexibility index (Phi) is 7.22. The van der Waals surface area contributed by atoms with Gasteiger partial charge in [0, 0.05) is 50.9 Å². The van der Waals surface area contributed by atoms with Crippen LogP contribution in [0.2, 0.25) is 0 Å². The zero-order chi connectivity index (χ0) is 22.5. The lowest BCUT2D eigenvalue weighted by atomic mass is 9.91. The number of ether oxygens (including phenoxy) is 2. The second-order valence-corrected chi connectivity index (χ2v) is 8.80. The van der Waals surface area contributed by atoms with Crippen LogP contribution in [0.25, 0.3) is 0 Å². The molecule has 0 unspecified atom stereocenters. The van der Waals surface area contributed by atoms with E-state index in [4.69, 9.17) is 14.5 Å². The van der Waals surface area contributed by atoms with Gasteiger partial charge in [-0.1, -0.05) is 12.1 Å². The highest BCUT2D eigenvalue weighted by molar-refractivity contribution is 5.80. The molecule has 172 valence electrons. The second kappa shape index (κ2) is 10.3. The monoisotopic (exact) mass is 439 g/mol. The molecule has 3 heterocycles. The Morgan fingerprint density at radius 1 is 1.19 bits per heavy atom. The van der Waals surface area contributed by atoms with Gasteiger partial charge in [0.05, 0.1) is 31.9 Å². The Labute approximate surface area is 189 Å². The summed E-state index contributed by atoms with van der Waals surface area (Å²) in [6.45, 7) is 9.21. The van der Waals surface area contributed by atoms with Crippen molar-refractivity contribution >= 4 is 11.9 Å². The summed E-state index contributed by atoms with van der Waals surface area (Å²) in [5.41, 5.74) is 2.13. The second-order valence-electron chi connectivity index (χ2n) is 8.80. The van der Waals surface area contributed by atoms with Gasteiger partial charge in [0.1, 0.15) is 5.75 Å². The van der Waals surface area contributed by atoms with Crippen LogP contribution < -0.4 is 15.0 Å². The topological polar surface area (TPSA) is 79.8 Å². The predicted octanol–water partition coefficient (Wildman–Crippen LogP) is 2.06. The minimum absolute atomic E-state index is 0.0230. The lowest BCUT2D eigenvalue weighted by Gasteiger charge is -2.27. The molecule has 8 nitrogen and oxygen atoms in total. The molecule has 0 aliphatic carbocycles. The zero-order valence-electron chi connectivity index (χ0n) is 19.2. The number of nitrogens with one attached hydrogen (secondary N) is 1. The molecular weight excluding hydrogens is 406 g/mol. The first-order valence-electron chi connectivity index (χ1n) is 11.3. The molecule has 2 atom stereocenters. The van der Waals surface area contributed by atoms with E-state index in [1.54, 1.807) is 7.11 Å². The molecule has 1 aromatic carbocycles. The Balaban J connectivity index is 1.54. The predicted molar refractivity (Wildman–Crippen MR) is 123 cm³/mol. The number of likely N-dealkylation sites (tertiary alicyclic amines) is 1. The Hall–Kier alpha value is -2.71. The molecule has 2 aliphatic heterocycles. The van der Waals surface area contributed by atoms with Gasteiger partial charge >= 0.3 is 0 Å². The summed E-state index contributed by atoms with van der Waals surface area (Å²) in [5.74, 6) is 1.54. The minimum atomic E-state index is -0.150. The number of hydrogen-bond acceptors (Lipinski definition) is 7. The van der Waals surface area contributed by atoms with Crippen molar-refractivity contribution in [2.24, 2.45) is 5.92 Å². The average Bonchev–Trinajstić information content (AvgIpc) is 3.24. The Morgan fingerprint density at radius 2 is 1.94 bits per heavy atom. The number of carbonyl (C=O) groups is 1. The van der Waals surface area contributed by atoms with Crippen molar-refractivity contribution in [1.82, 2.24) is 20.2 Å². The van der Waals surface area contributed by atoms with Gasteiger partial charge in [0.25, 0.3) is 0 Å². The fourth-order valence-corrected chi connectivity index (χ4v) is 4.44. The van der Waals surface area contributed by atoms with E-state index in [0.717, 1.165) is 43.6 Å². The highest BCUT2D eigenvalue weighted by atomic mass is 16.5. The van der Waals surface area contributed by atoms with Gasteiger partial charge in [0.15, 0.2) is 0 Å². The summed E-state index contributed by atoms with van der Waals surface area (Å²) in [7, 11) is 1.67. The average molecular weight is 440 g/mol. The van der Waals surface area contributed by atoms with Crippen LogP contribution in [0, 0.1) is 5.92 Å². The number of rotatable bonds is 7. The first-order chi connectivity index (χ1) is 15.5. The highest BCUT2D eigenvalue weighted by Gasteiger charge is 2.39. The Bertz CT molecular complexity index is 899. The number of aromatic nitrogens is 2. The van der Waals surface area contributed by atoms with Crippen LogP contribution >= 0.6 is 0 Å². The molecule has 0 spiro atoms. The van der Waals surface area contributed by atoms with Crippen molar-refractivity contribution in [1.29, 1.82) is 0 Å². The van der Waals surface area contributed by atoms with Gasteiger partial charge in [0.2, 0.25) is 11.9 Å². The maximum absolute atomic E-state index is 13.1. The third kappa shape index (κ3) is 5.37. The molecule has 32 heavy (non-hydrogen) atoms. The van der Waals surface area contributed by atoms with Gasteiger partial charge in [-0.2, -0.15) is 0 Å². The van der Waals surface area contributed by atoms with Crippen molar-refractivity contribution in [3.63, 3.8) is 0 Å². The number of nitrogens with zero attached hydrogens (tertiary/aromatic N) is 4. The van der Waals surface area contributed by atoms with Gasteiger partial charge < -0.3 is 19.7 Å². The van der Waals surface area contributed by atoms with E-state index in [1.807, 2.05) is 38.2 Å². The molecule has 2 fully saturated rings. The standard InChI is InChI=1S/C24H33N5O3/c1-17(2)26-23(30)21-16-28(14-18-4-6-19(31-3)7-5-18)15-20(21)22-8-9-25-24(27-22)29-10-12-32-13-11-29/h4-9,17,20-21H,10-16H2,1-3H3,(H,26,30)/t20-,21-/m0/s1. The molecule has 2 saturated heterocycles. The molecule has 8 heteroatoms. The molecule has 1 N–H and O–H groups in total. The lowest BCUT2D eigenvalue weighted by Crippen LogP contribution is -2.39. The summed E-state index contributed by atoms with van der Waals surface area (Å²) in [4.78, 5) is 27.0. The molecule has 1 amide bonds. The minimum Gasteiger partial charge on any atom is -0.497 e. The van der Waals surface area contributed by atoms with Crippen molar-refractivity contribution in [2.75, 3.05) is 51.4 Å². The molecule has 0 radical (unpaired) electrons. The summed E-state index contributed by atoms with van der Waals surface area (Å²) in [6, 6.07) is 10.2. The fraction of sp³-hybridized carbons (Fsp3) is 0.542. The molecule has 0 bridgehead atoms. The van der Waals surface area contributed by atoms with E-state index >= 15 is 0 Å². The molecule has 1 aromatic heterocycles. The fourth-order valence-electron chi connectivity index (χ4n) is 4.44. The van der Waals surface area contributed by atoms with Crippen molar-refractivity contribution in [3.8, 4) is 5.75 Å². The maximum atomic E-state index is 13.1. The number of anilines is 1. The van der Waals surface area contributed by atoms with E-state index in [-0.39, 0.29) is 23.8 Å². The quantitative estimate of drug-likeness (QED) is 0.707. The normalized spacial score (nSPS) is 21.7. The van der Waals surface area contributed by atoms with Crippen molar-refractivity contribution in [2.45, 2.75) is 32.4 Å². The van der Waals surface area contributed by atoms with Crippen molar-refractivity contribution < 1.29 is 14.3 Å². The van der Waals surface area contributed by atoms with Gasteiger partial charge in [-0.3, -0.25) is 9.69 Å². The van der Waals surface area contributed by atoms with E-state index in [2.05, 4.69) is 32.2 Å². The van der Waals surface area contributed by atoms with Crippen LogP contribution in [0.1, 0.15) is 31.0 Å². The number of carbonyl (C=O) groups excluding carboxylic acids is 1. The number of amides is 1. The summed E-state index contributed by atoms with van der Waals surface area (Å²) >= 11 is 0. The van der Waals surface area contributed by atoms with Crippen LogP contribution in [0.4, 0.5) is 5.95 Å². The van der Waals surface area contributed by atoms with Crippen molar-refractivity contribution in [3.05, 3.63) is 47.8 Å². The third-order valence-corrected chi connectivity index (χ3v) is 6.07. The van der Waals surface area contributed by atoms with Crippen LogP contribution in [-0.4, -0.2) is 73.3 Å². The number of hydrogen-bond donors (Lipinski definition) is 1. The largest absolute Gasteiger partial charge is 0.497 e. The van der Waals surface area contributed by atoms with Gasteiger partial charge in [-0.15, -0.1) is 0 Å². The van der Waals surface area contributed by atoms with Crippen LogP contribution in [-0.2, 0) is 16.1 Å². The smallest absolute Gasteiger partial charge is 0.225 e. The molecule has 4 rings (SSSR count). The molecular formula is C24H33N5O3. The summed E-state index contributed by atoms with van der Waals surface area (Å²) < 4.78 is 10.7. The highest BCUT2D eigenvalue weighted by Crippen LogP contribution is 2.33. The Morgan fingerprint density at radius 3 is 2.62 bits per heavy atom. The molecule has 0 saturated carbocycles. The first kappa shape index (κ1) is 22.5. The van der Waals surface area contributed by atoms with Gasteiger partial charge in [-0.25, -0.2) is 9.97 Å². The zero-order valence-corrected chi connectivity index (χ0v) is 19.2. The van der Waals surface area contributed by atoms with Crippen LogP contribution in [0.15, 0.2) is 36.5 Å². The number of benzene rings is 1. The van der Waals surface area contributed by atoms with Gasteiger partial charge in [-0.05, 0) is 37.6 Å². The number of methoxy groups -OCH3 is 1. The SMILES string of the molecule is COc1ccc(CN2C[C@H](C(=O)NC(C)C)[C@@H](c3ccnc(N4CCOCC4)n3)C2)cc1. The molecule has 2 aromatic rings. The van der Waals surface area contributed by atoms with E-state index in [1.165, 1.54) is 5.56 Å². The van der Waals surface area contributed by atoms with E-state index < -0.39 is 0 Å². The summed E-state index contributed by atoms with van der Waals surface area (Å²) in [6.07, 6.45) is 1.82. The van der Waals surface area contributed by atoms with Crippen LogP contribution in [0.5, 0.6) is 5.75 Å². The maximum Gasteiger partial charge on any atom is 0.225 e. The third-order valence-electron chi connectivity index (χ3n) is 6.07. The first-order valence-corrected chi connectivity index (χ1v) is 11.3. The van der Waals surface area contributed by atoms with E-state index in [0.29, 0.717) is 19.8 Å². The van der Waals surface area contributed by atoms with E-state index in [9.17, 15) is 4.79 Å².